The van der Waals surface area contributed by atoms with Gasteiger partial charge in [0.05, 0.1) is 16.7 Å². The fourth-order valence-corrected chi connectivity index (χ4v) is 4.40. The van der Waals surface area contributed by atoms with Gasteiger partial charge >= 0.3 is 0 Å². The van der Waals surface area contributed by atoms with E-state index in [0.717, 1.165) is 5.56 Å². The lowest BCUT2D eigenvalue weighted by atomic mass is 10.0. The van der Waals surface area contributed by atoms with Gasteiger partial charge in [0.25, 0.3) is 10.0 Å². The molecular formula is C16H16ClNO3S. The van der Waals surface area contributed by atoms with Gasteiger partial charge in [-0.1, -0.05) is 35.9 Å². The first-order valence-corrected chi connectivity index (χ1v) is 8.79. The molecule has 0 aliphatic carbocycles. The average Bonchev–Trinajstić information content (AvgIpc) is 2.50. The molecule has 22 heavy (non-hydrogen) atoms. The van der Waals surface area contributed by atoms with E-state index >= 15 is 0 Å². The molecule has 1 heterocycles. The molecule has 0 bridgehead atoms. The van der Waals surface area contributed by atoms with Crippen molar-refractivity contribution in [1.29, 1.82) is 0 Å². The first kappa shape index (κ1) is 15.3. The van der Waals surface area contributed by atoms with Gasteiger partial charge in [-0.05, 0) is 37.1 Å². The highest BCUT2D eigenvalue weighted by Gasteiger charge is 2.32. The van der Waals surface area contributed by atoms with Gasteiger partial charge in [0.15, 0.2) is 0 Å². The van der Waals surface area contributed by atoms with Crippen molar-refractivity contribution in [2.75, 3.05) is 10.8 Å². The van der Waals surface area contributed by atoms with Crippen molar-refractivity contribution < 1.29 is 13.5 Å². The smallest absolute Gasteiger partial charge is 0.264 e. The Hall–Kier alpha value is -1.56. The van der Waals surface area contributed by atoms with Crippen molar-refractivity contribution in [3.8, 4) is 0 Å². The largest absolute Gasteiger partial charge is 0.388 e. The topological polar surface area (TPSA) is 57.6 Å². The lowest BCUT2D eigenvalue weighted by Gasteiger charge is -2.33. The lowest BCUT2D eigenvalue weighted by Crippen LogP contribution is -2.36. The molecule has 4 nitrogen and oxygen atoms in total. The zero-order valence-corrected chi connectivity index (χ0v) is 13.6. The second kappa shape index (κ2) is 5.57. The third kappa shape index (κ3) is 2.49. The predicted molar refractivity (Wildman–Crippen MR) is 86.7 cm³/mol. The van der Waals surface area contributed by atoms with Gasteiger partial charge in [0, 0.05) is 17.1 Å². The molecule has 0 fully saturated rings. The first-order valence-electron chi connectivity index (χ1n) is 6.97. The number of aryl methyl sites for hydroxylation is 1. The standard InChI is InChI=1S/C16H16ClNO3S/c1-11-6-7-12(10-14(11)17)22(20,21)18-9-8-16(19)13-4-2-3-5-15(13)18/h2-7,10,16,19H,8-9H2,1H3. The van der Waals surface area contributed by atoms with Crippen LogP contribution in [0.5, 0.6) is 0 Å². The van der Waals surface area contributed by atoms with E-state index in [0.29, 0.717) is 22.7 Å². The molecule has 1 aliphatic rings. The summed E-state index contributed by atoms with van der Waals surface area (Å²) in [6.45, 7) is 2.07. The van der Waals surface area contributed by atoms with Crippen LogP contribution in [-0.2, 0) is 10.0 Å². The monoisotopic (exact) mass is 337 g/mol. The molecule has 2 aromatic rings. The quantitative estimate of drug-likeness (QED) is 0.915. The highest BCUT2D eigenvalue weighted by atomic mass is 35.5. The van der Waals surface area contributed by atoms with E-state index in [4.69, 9.17) is 11.6 Å². The number of rotatable bonds is 2. The van der Waals surface area contributed by atoms with Crippen LogP contribution in [0, 0.1) is 6.92 Å². The number of hydrogen-bond donors (Lipinski definition) is 1. The fraction of sp³-hybridized carbons (Fsp3) is 0.250. The SMILES string of the molecule is Cc1ccc(S(=O)(=O)N2CCC(O)c3ccccc32)cc1Cl. The Morgan fingerprint density at radius 2 is 1.95 bits per heavy atom. The van der Waals surface area contributed by atoms with Gasteiger partial charge in [-0.15, -0.1) is 0 Å². The summed E-state index contributed by atoms with van der Waals surface area (Å²) >= 11 is 6.06. The number of aliphatic hydroxyl groups excluding tert-OH is 1. The third-order valence-corrected chi connectivity index (χ3v) is 6.12. The number of aliphatic hydroxyl groups is 1. The second-order valence-corrected chi connectivity index (χ2v) is 7.62. The number of para-hydroxylation sites is 1. The van der Waals surface area contributed by atoms with Gasteiger partial charge in [-0.25, -0.2) is 8.42 Å². The normalized spacial score (nSPS) is 18.1. The summed E-state index contributed by atoms with van der Waals surface area (Å²) in [5.74, 6) is 0. The molecule has 0 radical (unpaired) electrons. The van der Waals surface area contributed by atoms with Crippen molar-refractivity contribution in [3.63, 3.8) is 0 Å². The van der Waals surface area contributed by atoms with E-state index in [-0.39, 0.29) is 11.4 Å². The summed E-state index contributed by atoms with van der Waals surface area (Å²) in [6, 6.07) is 11.8. The molecular weight excluding hydrogens is 322 g/mol. The molecule has 3 rings (SSSR count). The van der Waals surface area contributed by atoms with Gasteiger partial charge in [-0.3, -0.25) is 4.31 Å². The summed E-state index contributed by atoms with van der Waals surface area (Å²) in [5.41, 5.74) is 1.99. The minimum absolute atomic E-state index is 0.161. The molecule has 0 saturated carbocycles. The highest BCUT2D eigenvalue weighted by Crippen LogP contribution is 2.37. The Morgan fingerprint density at radius 3 is 2.68 bits per heavy atom. The zero-order chi connectivity index (χ0) is 15.9. The number of fused-ring (bicyclic) bond motifs is 1. The minimum Gasteiger partial charge on any atom is -0.388 e. The highest BCUT2D eigenvalue weighted by molar-refractivity contribution is 7.92. The molecule has 2 aromatic carbocycles. The van der Waals surface area contributed by atoms with Crippen LogP contribution in [0.25, 0.3) is 0 Å². The van der Waals surface area contributed by atoms with E-state index in [2.05, 4.69) is 0 Å². The van der Waals surface area contributed by atoms with E-state index < -0.39 is 16.1 Å². The van der Waals surface area contributed by atoms with Crippen LogP contribution in [0.4, 0.5) is 5.69 Å². The van der Waals surface area contributed by atoms with E-state index in [1.165, 1.54) is 10.4 Å². The number of halogens is 1. The van der Waals surface area contributed by atoms with Crippen LogP contribution in [0.1, 0.15) is 23.7 Å². The maximum atomic E-state index is 12.9. The maximum Gasteiger partial charge on any atom is 0.264 e. The molecule has 0 saturated heterocycles. The van der Waals surface area contributed by atoms with Gasteiger partial charge < -0.3 is 5.11 Å². The molecule has 0 spiro atoms. The molecule has 0 aromatic heterocycles. The molecule has 6 heteroatoms. The summed E-state index contributed by atoms with van der Waals surface area (Å²) in [4.78, 5) is 0.161. The van der Waals surface area contributed by atoms with E-state index in [1.807, 2.05) is 6.92 Å². The summed E-state index contributed by atoms with van der Waals surface area (Å²) in [6.07, 6.45) is -0.264. The van der Waals surface area contributed by atoms with E-state index in [1.54, 1.807) is 36.4 Å². The lowest BCUT2D eigenvalue weighted by molar-refractivity contribution is 0.166. The Bertz CT molecular complexity index is 820. The molecule has 116 valence electrons. The van der Waals surface area contributed by atoms with Gasteiger partial charge in [0.1, 0.15) is 0 Å². The van der Waals surface area contributed by atoms with Crippen LogP contribution in [-0.4, -0.2) is 20.1 Å². The number of hydrogen-bond acceptors (Lipinski definition) is 3. The van der Waals surface area contributed by atoms with Crippen LogP contribution >= 0.6 is 11.6 Å². The van der Waals surface area contributed by atoms with Crippen molar-refractivity contribution in [2.45, 2.75) is 24.3 Å². The second-order valence-electron chi connectivity index (χ2n) is 5.35. The average molecular weight is 338 g/mol. The van der Waals surface area contributed by atoms with Crippen LogP contribution < -0.4 is 4.31 Å². The first-order chi connectivity index (χ1) is 10.4. The Balaban J connectivity index is 2.10. The number of nitrogens with zero attached hydrogens (tertiary/aromatic N) is 1. The summed E-state index contributed by atoms with van der Waals surface area (Å²) in [7, 11) is -3.70. The van der Waals surface area contributed by atoms with Gasteiger partial charge in [0.2, 0.25) is 0 Å². The molecule has 1 unspecified atom stereocenters. The Morgan fingerprint density at radius 1 is 1.23 bits per heavy atom. The van der Waals surface area contributed by atoms with Crippen LogP contribution in [0.2, 0.25) is 5.02 Å². The summed E-state index contributed by atoms with van der Waals surface area (Å²) in [5, 5.41) is 10.5. The maximum absolute atomic E-state index is 12.9. The zero-order valence-electron chi connectivity index (χ0n) is 12.0. The third-order valence-electron chi connectivity index (χ3n) is 3.90. The van der Waals surface area contributed by atoms with Crippen molar-refractivity contribution in [3.05, 3.63) is 58.6 Å². The Kier molecular flexibility index (Phi) is 3.89. The van der Waals surface area contributed by atoms with Crippen molar-refractivity contribution in [2.24, 2.45) is 0 Å². The fourth-order valence-electron chi connectivity index (χ4n) is 2.62. The number of sulfonamides is 1. The van der Waals surface area contributed by atoms with Gasteiger partial charge in [-0.2, -0.15) is 0 Å². The van der Waals surface area contributed by atoms with Crippen LogP contribution in [0.15, 0.2) is 47.4 Å². The van der Waals surface area contributed by atoms with Crippen molar-refractivity contribution >= 4 is 27.3 Å². The molecule has 1 N–H and O–H groups in total. The molecule has 1 aliphatic heterocycles. The predicted octanol–water partition coefficient (Wildman–Crippen LogP) is 3.28. The Labute approximate surface area is 135 Å². The molecule has 1 atom stereocenters. The molecule has 0 amide bonds. The summed E-state index contributed by atoms with van der Waals surface area (Å²) < 4.78 is 27.2. The van der Waals surface area contributed by atoms with E-state index in [9.17, 15) is 13.5 Å². The van der Waals surface area contributed by atoms with Crippen molar-refractivity contribution in [1.82, 2.24) is 0 Å². The number of benzene rings is 2. The minimum atomic E-state index is -3.70. The number of anilines is 1. The van der Waals surface area contributed by atoms with Crippen LogP contribution in [0.3, 0.4) is 0 Å².